The van der Waals surface area contributed by atoms with Gasteiger partial charge in [0.25, 0.3) is 5.91 Å². The van der Waals surface area contributed by atoms with Gasteiger partial charge in [0.05, 0.1) is 12.0 Å². The SMILES string of the molecule is O=C(Nc1ccc(-c2ccc3nnc(-c4ccccn4)n3n2)cc1)c1cc(-c2ccco2)[nH]n1. The van der Waals surface area contributed by atoms with Crippen molar-refractivity contribution in [3.05, 3.63) is 91.0 Å². The average molecular weight is 448 g/mol. The van der Waals surface area contributed by atoms with Gasteiger partial charge in [0.15, 0.2) is 17.1 Å². The van der Waals surface area contributed by atoms with Crippen LogP contribution in [0.4, 0.5) is 5.69 Å². The van der Waals surface area contributed by atoms with Crippen molar-refractivity contribution in [2.75, 3.05) is 5.32 Å². The first-order valence-electron chi connectivity index (χ1n) is 10.4. The first kappa shape index (κ1) is 19.6. The van der Waals surface area contributed by atoms with E-state index in [1.54, 1.807) is 35.2 Å². The molecule has 0 saturated carbocycles. The van der Waals surface area contributed by atoms with Crippen LogP contribution in [-0.2, 0) is 0 Å². The van der Waals surface area contributed by atoms with Crippen molar-refractivity contribution in [2.24, 2.45) is 0 Å². The van der Waals surface area contributed by atoms with E-state index in [2.05, 4.69) is 35.8 Å². The maximum absolute atomic E-state index is 12.6. The van der Waals surface area contributed by atoms with Gasteiger partial charge in [-0.3, -0.25) is 14.9 Å². The number of aromatic amines is 1. The number of carbonyl (C=O) groups is 1. The summed E-state index contributed by atoms with van der Waals surface area (Å²) in [5.74, 6) is 0.847. The van der Waals surface area contributed by atoms with Crippen LogP contribution >= 0.6 is 0 Å². The summed E-state index contributed by atoms with van der Waals surface area (Å²) >= 11 is 0. The van der Waals surface area contributed by atoms with E-state index in [-0.39, 0.29) is 11.6 Å². The van der Waals surface area contributed by atoms with E-state index in [0.717, 1.165) is 11.3 Å². The van der Waals surface area contributed by atoms with Crippen LogP contribution in [0.5, 0.6) is 0 Å². The van der Waals surface area contributed by atoms with E-state index < -0.39 is 0 Å². The molecule has 2 N–H and O–H groups in total. The second kappa shape index (κ2) is 8.10. The average Bonchev–Trinajstić information content (AvgIpc) is 3.65. The monoisotopic (exact) mass is 448 g/mol. The molecule has 6 aromatic rings. The number of rotatable bonds is 5. The van der Waals surface area contributed by atoms with Gasteiger partial charge in [0, 0.05) is 23.5 Å². The second-order valence-corrected chi connectivity index (χ2v) is 7.40. The van der Waals surface area contributed by atoms with Crippen LogP contribution in [0.15, 0.2) is 89.7 Å². The Kier molecular flexibility index (Phi) is 4.66. The van der Waals surface area contributed by atoms with Crippen molar-refractivity contribution in [2.45, 2.75) is 0 Å². The zero-order valence-electron chi connectivity index (χ0n) is 17.6. The Morgan fingerprint density at radius 3 is 2.65 bits per heavy atom. The molecule has 5 aromatic heterocycles. The van der Waals surface area contributed by atoms with Crippen LogP contribution in [0.3, 0.4) is 0 Å². The highest BCUT2D eigenvalue weighted by Gasteiger charge is 2.14. The lowest BCUT2D eigenvalue weighted by molar-refractivity contribution is 0.102. The number of fused-ring (bicyclic) bond motifs is 1. The fraction of sp³-hybridized carbons (Fsp3) is 0. The molecule has 0 radical (unpaired) electrons. The van der Waals surface area contributed by atoms with Crippen LogP contribution in [0.2, 0.25) is 0 Å². The van der Waals surface area contributed by atoms with E-state index in [1.165, 1.54) is 0 Å². The van der Waals surface area contributed by atoms with Crippen LogP contribution in [0.1, 0.15) is 10.5 Å². The molecule has 0 saturated heterocycles. The summed E-state index contributed by atoms with van der Waals surface area (Å²) in [6.07, 6.45) is 3.26. The van der Waals surface area contributed by atoms with Crippen LogP contribution < -0.4 is 5.32 Å². The molecular formula is C24H16N8O2. The van der Waals surface area contributed by atoms with Crippen LogP contribution in [0, 0.1) is 0 Å². The molecular weight excluding hydrogens is 432 g/mol. The number of nitrogens with zero attached hydrogens (tertiary/aromatic N) is 6. The fourth-order valence-corrected chi connectivity index (χ4v) is 3.51. The van der Waals surface area contributed by atoms with E-state index >= 15 is 0 Å². The Bertz CT molecular complexity index is 1590. The normalized spacial score (nSPS) is 11.1. The molecule has 10 heteroatoms. The minimum Gasteiger partial charge on any atom is -0.463 e. The van der Waals surface area contributed by atoms with Crippen molar-refractivity contribution in [3.63, 3.8) is 0 Å². The number of carbonyl (C=O) groups excluding carboxylic acids is 1. The molecule has 0 aliphatic rings. The third kappa shape index (κ3) is 3.58. The van der Waals surface area contributed by atoms with Gasteiger partial charge >= 0.3 is 0 Å². The Morgan fingerprint density at radius 1 is 0.941 bits per heavy atom. The molecule has 0 aliphatic carbocycles. The number of furan rings is 1. The van der Waals surface area contributed by atoms with Gasteiger partial charge < -0.3 is 9.73 Å². The molecule has 5 heterocycles. The van der Waals surface area contributed by atoms with Crippen molar-refractivity contribution in [1.29, 1.82) is 0 Å². The lowest BCUT2D eigenvalue weighted by Crippen LogP contribution is -2.12. The van der Waals surface area contributed by atoms with Crippen molar-refractivity contribution in [3.8, 4) is 34.2 Å². The third-order valence-electron chi connectivity index (χ3n) is 5.19. The minimum absolute atomic E-state index is 0.261. The topological polar surface area (TPSA) is 127 Å². The smallest absolute Gasteiger partial charge is 0.276 e. The molecule has 0 aliphatic heterocycles. The zero-order chi connectivity index (χ0) is 22.9. The van der Waals surface area contributed by atoms with E-state index in [9.17, 15) is 4.79 Å². The Hall–Kier alpha value is -5.12. The first-order chi connectivity index (χ1) is 16.7. The highest BCUT2D eigenvalue weighted by Crippen LogP contribution is 2.23. The number of nitrogens with one attached hydrogen (secondary N) is 2. The highest BCUT2D eigenvalue weighted by atomic mass is 16.3. The van der Waals surface area contributed by atoms with Gasteiger partial charge in [-0.2, -0.15) is 14.7 Å². The summed E-state index contributed by atoms with van der Waals surface area (Å²) in [7, 11) is 0. The molecule has 0 fully saturated rings. The first-order valence-corrected chi connectivity index (χ1v) is 10.4. The molecule has 164 valence electrons. The van der Waals surface area contributed by atoms with Gasteiger partial charge in [0.2, 0.25) is 5.82 Å². The number of aromatic nitrogens is 7. The summed E-state index contributed by atoms with van der Waals surface area (Å²) in [6, 6.07) is 21.9. The van der Waals surface area contributed by atoms with Gasteiger partial charge in [-0.15, -0.1) is 10.2 Å². The molecule has 34 heavy (non-hydrogen) atoms. The summed E-state index contributed by atoms with van der Waals surface area (Å²) < 4.78 is 6.99. The van der Waals surface area contributed by atoms with Crippen LogP contribution in [0.25, 0.3) is 39.9 Å². The van der Waals surface area contributed by atoms with Gasteiger partial charge in [-0.25, -0.2) is 0 Å². The number of benzene rings is 1. The number of hydrogen-bond acceptors (Lipinski definition) is 7. The number of amides is 1. The van der Waals surface area contributed by atoms with Gasteiger partial charge in [-0.05, 0) is 48.5 Å². The molecule has 10 nitrogen and oxygen atoms in total. The van der Waals surface area contributed by atoms with E-state index in [0.29, 0.717) is 34.3 Å². The lowest BCUT2D eigenvalue weighted by atomic mass is 10.1. The summed E-state index contributed by atoms with van der Waals surface area (Å²) in [4.78, 5) is 16.9. The second-order valence-electron chi connectivity index (χ2n) is 7.40. The molecule has 0 bridgehead atoms. The number of hydrogen-bond donors (Lipinski definition) is 2. The molecule has 0 atom stereocenters. The molecule has 1 aromatic carbocycles. The van der Waals surface area contributed by atoms with Crippen molar-refractivity contribution in [1.82, 2.24) is 35.0 Å². The predicted molar refractivity (Wildman–Crippen MR) is 124 cm³/mol. The Labute approximate surface area is 192 Å². The maximum atomic E-state index is 12.6. The highest BCUT2D eigenvalue weighted by molar-refractivity contribution is 6.03. The summed E-state index contributed by atoms with van der Waals surface area (Å²) in [5, 5.41) is 22.8. The molecule has 1 amide bonds. The molecule has 0 spiro atoms. The Balaban J connectivity index is 1.22. The van der Waals surface area contributed by atoms with Crippen molar-refractivity contribution < 1.29 is 9.21 Å². The van der Waals surface area contributed by atoms with Gasteiger partial charge in [-0.1, -0.05) is 18.2 Å². The number of pyridine rings is 1. The van der Waals surface area contributed by atoms with Gasteiger partial charge in [0.1, 0.15) is 11.4 Å². The lowest BCUT2D eigenvalue weighted by Gasteiger charge is -2.06. The third-order valence-corrected chi connectivity index (χ3v) is 5.19. The molecule has 0 unspecified atom stereocenters. The van der Waals surface area contributed by atoms with Crippen LogP contribution in [-0.4, -0.2) is 40.9 Å². The zero-order valence-corrected chi connectivity index (χ0v) is 17.6. The minimum atomic E-state index is -0.328. The van der Waals surface area contributed by atoms with E-state index in [1.807, 2.05) is 54.6 Å². The largest absolute Gasteiger partial charge is 0.463 e. The fourth-order valence-electron chi connectivity index (χ4n) is 3.51. The quantitative estimate of drug-likeness (QED) is 0.407. The number of anilines is 1. The molecule has 6 rings (SSSR count). The maximum Gasteiger partial charge on any atom is 0.276 e. The Morgan fingerprint density at radius 2 is 1.85 bits per heavy atom. The summed E-state index contributed by atoms with van der Waals surface area (Å²) in [6.45, 7) is 0. The predicted octanol–water partition coefficient (Wildman–Crippen LogP) is 4.09. The summed E-state index contributed by atoms with van der Waals surface area (Å²) in [5.41, 5.74) is 4.45. The van der Waals surface area contributed by atoms with E-state index in [4.69, 9.17) is 4.42 Å². The number of H-pyrrole nitrogens is 1. The standard InChI is InChI=1S/C24H16N8O2/c33-24(20-14-19(27-28-20)21-5-3-13-34-21)26-16-8-6-15(7-9-16)17-10-11-22-29-30-23(32(22)31-17)18-4-1-2-12-25-18/h1-14H,(H,26,33)(H,27,28). The van der Waals surface area contributed by atoms with Crippen molar-refractivity contribution >= 4 is 17.2 Å².